The SMILES string of the molecule is C=CC[SiH2]OC1CCNC1. The molecule has 1 aliphatic heterocycles. The Kier molecular flexibility index (Phi) is 3.71. The second kappa shape index (κ2) is 4.66. The zero-order valence-corrected chi connectivity index (χ0v) is 7.72. The fourth-order valence-electron chi connectivity index (χ4n) is 1.09. The summed E-state index contributed by atoms with van der Waals surface area (Å²) in [4.78, 5) is 0. The van der Waals surface area contributed by atoms with E-state index < -0.39 is 0 Å². The van der Waals surface area contributed by atoms with Crippen molar-refractivity contribution >= 4 is 9.76 Å². The molecule has 1 fully saturated rings. The number of rotatable bonds is 4. The molecule has 1 rings (SSSR count). The summed E-state index contributed by atoms with van der Waals surface area (Å²) in [5.74, 6) is 0. The molecule has 0 radical (unpaired) electrons. The smallest absolute Gasteiger partial charge is 0.165 e. The fraction of sp³-hybridized carbons (Fsp3) is 0.714. The first-order valence-corrected chi connectivity index (χ1v) is 5.44. The van der Waals surface area contributed by atoms with Crippen LogP contribution in [0.15, 0.2) is 12.7 Å². The van der Waals surface area contributed by atoms with Crippen LogP contribution in [0.25, 0.3) is 0 Å². The van der Waals surface area contributed by atoms with Crippen LogP contribution in [0.4, 0.5) is 0 Å². The van der Waals surface area contributed by atoms with Gasteiger partial charge >= 0.3 is 0 Å². The van der Waals surface area contributed by atoms with Crippen LogP contribution >= 0.6 is 0 Å². The minimum Gasteiger partial charge on any atom is -0.419 e. The van der Waals surface area contributed by atoms with E-state index in [0.29, 0.717) is 6.10 Å². The first kappa shape index (κ1) is 7.98. The van der Waals surface area contributed by atoms with Crippen LogP contribution in [0.3, 0.4) is 0 Å². The average Bonchev–Trinajstić information content (AvgIpc) is 2.41. The summed E-state index contributed by atoms with van der Waals surface area (Å²) < 4.78 is 5.65. The van der Waals surface area contributed by atoms with E-state index in [2.05, 4.69) is 11.9 Å². The van der Waals surface area contributed by atoms with Gasteiger partial charge in [-0.15, -0.1) is 6.58 Å². The normalized spacial score (nSPS) is 26.2. The Labute approximate surface area is 64.6 Å². The van der Waals surface area contributed by atoms with E-state index in [-0.39, 0.29) is 9.76 Å². The fourth-order valence-corrected chi connectivity index (χ4v) is 2.01. The van der Waals surface area contributed by atoms with E-state index in [1.54, 1.807) is 0 Å². The van der Waals surface area contributed by atoms with Crippen molar-refractivity contribution in [2.75, 3.05) is 13.1 Å². The lowest BCUT2D eigenvalue weighted by molar-refractivity contribution is 0.235. The quantitative estimate of drug-likeness (QED) is 0.354. The largest absolute Gasteiger partial charge is 0.419 e. The lowest BCUT2D eigenvalue weighted by Gasteiger charge is -2.08. The summed E-state index contributed by atoms with van der Waals surface area (Å²) in [7, 11) is -0.276. The van der Waals surface area contributed by atoms with Crippen LogP contribution in [0.5, 0.6) is 0 Å². The minimum absolute atomic E-state index is 0.276. The van der Waals surface area contributed by atoms with Crippen LogP contribution in [0.2, 0.25) is 6.04 Å². The molecular weight excluding hydrogens is 142 g/mol. The van der Waals surface area contributed by atoms with Crippen molar-refractivity contribution in [1.29, 1.82) is 0 Å². The molecule has 58 valence electrons. The summed E-state index contributed by atoms with van der Waals surface area (Å²) >= 11 is 0. The Balaban J connectivity index is 1.96. The Morgan fingerprint density at radius 2 is 2.70 bits per heavy atom. The van der Waals surface area contributed by atoms with Crippen LogP contribution in [-0.4, -0.2) is 29.0 Å². The van der Waals surface area contributed by atoms with E-state index in [1.807, 2.05) is 6.08 Å². The van der Waals surface area contributed by atoms with Gasteiger partial charge in [0.2, 0.25) is 0 Å². The van der Waals surface area contributed by atoms with Gasteiger partial charge in [-0.2, -0.15) is 0 Å². The number of hydrogen-bond donors (Lipinski definition) is 1. The highest BCUT2D eigenvalue weighted by Crippen LogP contribution is 2.02. The Morgan fingerprint density at radius 3 is 3.30 bits per heavy atom. The molecule has 1 unspecified atom stereocenters. The number of allylic oxidation sites excluding steroid dienone is 1. The molecule has 0 aromatic carbocycles. The standard InChI is InChI=1S/C7H15NOSi/c1-2-5-10-9-7-3-4-8-6-7/h2,7-8H,1,3-6,10H2. The van der Waals surface area contributed by atoms with Gasteiger partial charge in [-0.25, -0.2) is 0 Å². The number of hydrogen-bond acceptors (Lipinski definition) is 2. The van der Waals surface area contributed by atoms with Gasteiger partial charge in [0.15, 0.2) is 9.76 Å². The van der Waals surface area contributed by atoms with Gasteiger partial charge in [-0.05, 0) is 19.0 Å². The second-order valence-electron chi connectivity index (χ2n) is 2.56. The average molecular weight is 157 g/mol. The summed E-state index contributed by atoms with van der Waals surface area (Å²) in [6.45, 7) is 5.86. The van der Waals surface area contributed by atoms with Crippen LogP contribution < -0.4 is 5.32 Å². The highest BCUT2D eigenvalue weighted by Gasteiger charge is 2.12. The predicted molar refractivity (Wildman–Crippen MR) is 45.9 cm³/mol. The molecule has 0 spiro atoms. The van der Waals surface area contributed by atoms with Crippen LogP contribution in [0.1, 0.15) is 6.42 Å². The van der Waals surface area contributed by atoms with Gasteiger partial charge in [0, 0.05) is 6.54 Å². The Hall–Kier alpha value is -0.123. The van der Waals surface area contributed by atoms with E-state index in [1.165, 1.54) is 6.42 Å². The highest BCUT2D eigenvalue weighted by molar-refractivity contribution is 6.27. The first-order valence-electron chi connectivity index (χ1n) is 3.86. The van der Waals surface area contributed by atoms with E-state index in [9.17, 15) is 0 Å². The molecule has 0 aromatic heterocycles. The molecule has 0 bridgehead atoms. The second-order valence-corrected chi connectivity index (χ2v) is 3.88. The lowest BCUT2D eigenvalue weighted by Crippen LogP contribution is -2.18. The maximum Gasteiger partial charge on any atom is 0.165 e. The lowest BCUT2D eigenvalue weighted by atomic mass is 10.3. The van der Waals surface area contributed by atoms with Crippen molar-refractivity contribution in [3.8, 4) is 0 Å². The highest BCUT2D eigenvalue weighted by atomic mass is 28.2. The van der Waals surface area contributed by atoms with Crippen molar-refractivity contribution in [3.63, 3.8) is 0 Å². The third kappa shape index (κ3) is 2.64. The van der Waals surface area contributed by atoms with Gasteiger partial charge in [0.1, 0.15) is 0 Å². The summed E-state index contributed by atoms with van der Waals surface area (Å²) in [5.41, 5.74) is 0. The first-order chi connectivity index (χ1) is 4.93. The molecule has 2 nitrogen and oxygen atoms in total. The summed E-state index contributed by atoms with van der Waals surface area (Å²) in [5, 5.41) is 3.27. The van der Waals surface area contributed by atoms with Crippen molar-refractivity contribution in [1.82, 2.24) is 5.32 Å². The van der Waals surface area contributed by atoms with Gasteiger partial charge in [0.05, 0.1) is 6.10 Å². The van der Waals surface area contributed by atoms with Crippen molar-refractivity contribution < 1.29 is 4.43 Å². The molecule has 10 heavy (non-hydrogen) atoms. The van der Waals surface area contributed by atoms with Crippen LogP contribution in [-0.2, 0) is 4.43 Å². The number of nitrogens with one attached hydrogen (secondary N) is 1. The molecule has 1 N–H and O–H groups in total. The molecule has 1 atom stereocenters. The van der Waals surface area contributed by atoms with Crippen LogP contribution in [0, 0.1) is 0 Å². The van der Waals surface area contributed by atoms with E-state index >= 15 is 0 Å². The Morgan fingerprint density at radius 1 is 1.80 bits per heavy atom. The monoisotopic (exact) mass is 157 g/mol. The van der Waals surface area contributed by atoms with Gasteiger partial charge in [-0.1, -0.05) is 6.08 Å². The van der Waals surface area contributed by atoms with Crippen molar-refractivity contribution in [3.05, 3.63) is 12.7 Å². The molecule has 1 saturated heterocycles. The molecule has 0 saturated carbocycles. The molecular formula is C7H15NOSi. The van der Waals surface area contributed by atoms with E-state index in [4.69, 9.17) is 4.43 Å². The zero-order chi connectivity index (χ0) is 7.23. The van der Waals surface area contributed by atoms with Gasteiger partial charge < -0.3 is 9.74 Å². The summed E-state index contributed by atoms with van der Waals surface area (Å²) in [6, 6.07) is 1.11. The minimum atomic E-state index is -0.276. The molecule has 1 heterocycles. The third-order valence-electron chi connectivity index (χ3n) is 1.69. The maximum absolute atomic E-state index is 5.65. The van der Waals surface area contributed by atoms with Crippen molar-refractivity contribution in [2.24, 2.45) is 0 Å². The predicted octanol–water partition coefficient (Wildman–Crippen LogP) is 0.0530. The van der Waals surface area contributed by atoms with Gasteiger partial charge in [0.25, 0.3) is 0 Å². The third-order valence-corrected chi connectivity index (χ3v) is 3.04. The Bertz CT molecular complexity index is 102. The zero-order valence-electron chi connectivity index (χ0n) is 6.31. The van der Waals surface area contributed by atoms with E-state index in [0.717, 1.165) is 19.1 Å². The molecule has 0 aromatic rings. The topological polar surface area (TPSA) is 21.3 Å². The molecule has 3 heteroatoms. The van der Waals surface area contributed by atoms with Crippen molar-refractivity contribution in [2.45, 2.75) is 18.6 Å². The molecule has 0 amide bonds. The van der Waals surface area contributed by atoms with Gasteiger partial charge in [-0.3, -0.25) is 0 Å². The molecule has 0 aliphatic carbocycles. The maximum atomic E-state index is 5.65. The summed E-state index contributed by atoms with van der Waals surface area (Å²) in [6.07, 6.45) is 3.67. The molecule has 1 aliphatic rings.